The third-order valence-electron chi connectivity index (χ3n) is 2.35. The van der Waals surface area contributed by atoms with Crippen LogP contribution in [0.1, 0.15) is 39.7 Å². The topological polar surface area (TPSA) is 29.9 Å². The third-order valence-corrected chi connectivity index (χ3v) is 2.35. The number of hydrogen-bond acceptors (Lipinski definition) is 2. The zero-order valence-corrected chi connectivity index (χ0v) is 9.90. The molecule has 0 saturated heterocycles. The number of allylic oxidation sites excluding steroid dienone is 1. The smallest absolute Gasteiger partial charge is 0.0728 e. The first-order valence-electron chi connectivity index (χ1n) is 5.55. The number of hydrogen-bond donors (Lipinski definition) is 1. The van der Waals surface area contributed by atoms with Crippen molar-refractivity contribution < 1.29 is 0 Å². The van der Waals surface area contributed by atoms with Crippen molar-refractivity contribution in [1.29, 1.82) is 0 Å². The standard InChI is InChI=1S/C12H21N3/c1-5-6-7-11(4)14-12-8-13-15(9-12)10(2)3/h5,8-11,14H,1,6-7H2,2-4H3. The first-order chi connectivity index (χ1) is 7.13. The van der Waals surface area contributed by atoms with E-state index in [1.54, 1.807) is 0 Å². The van der Waals surface area contributed by atoms with Crippen molar-refractivity contribution in [3.63, 3.8) is 0 Å². The van der Waals surface area contributed by atoms with Gasteiger partial charge in [-0.05, 0) is 33.6 Å². The fourth-order valence-corrected chi connectivity index (χ4v) is 1.42. The summed E-state index contributed by atoms with van der Waals surface area (Å²) in [6.07, 6.45) is 8.04. The third kappa shape index (κ3) is 3.78. The highest BCUT2D eigenvalue weighted by Crippen LogP contribution is 2.12. The van der Waals surface area contributed by atoms with Gasteiger partial charge in [-0.25, -0.2) is 0 Å². The molecule has 1 aromatic rings. The molecule has 0 radical (unpaired) electrons. The van der Waals surface area contributed by atoms with Gasteiger partial charge in [-0.2, -0.15) is 5.10 Å². The van der Waals surface area contributed by atoms with Crippen molar-refractivity contribution in [2.45, 2.75) is 45.7 Å². The molecule has 0 saturated carbocycles. The van der Waals surface area contributed by atoms with E-state index in [2.05, 4.69) is 44.0 Å². The van der Waals surface area contributed by atoms with Crippen LogP contribution in [0.15, 0.2) is 25.0 Å². The predicted octanol–water partition coefficient (Wildman–Crippen LogP) is 3.23. The van der Waals surface area contributed by atoms with Crippen LogP contribution in [0.3, 0.4) is 0 Å². The molecule has 1 heterocycles. The summed E-state index contributed by atoms with van der Waals surface area (Å²) in [5.74, 6) is 0. The lowest BCUT2D eigenvalue weighted by Gasteiger charge is -2.12. The van der Waals surface area contributed by atoms with Crippen LogP contribution < -0.4 is 5.32 Å². The minimum atomic E-state index is 0.420. The molecule has 0 spiro atoms. The van der Waals surface area contributed by atoms with E-state index >= 15 is 0 Å². The lowest BCUT2D eigenvalue weighted by Crippen LogP contribution is -2.14. The minimum absolute atomic E-state index is 0.420. The van der Waals surface area contributed by atoms with Crippen LogP contribution >= 0.6 is 0 Å². The normalized spacial score (nSPS) is 12.8. The molecular formula is C12H21N3. The van der Waals surface area contributed by atoms with Gasteiger partial charge in [0.2, 0.25) is 0 Å². The number of nitrogens with one attached hydrogen (secondary N) is 1. The largest absolute Gasteiger partial charge is 0.380 e. The second-order valence-corrected chi connectivity index (χ2v) is 4.21. The van der Waals surface area contributed by atoms with Gasteiger partial charge >= 0.3 is 0 Å². The molecule has 84 valence electrons. The number of aromatic nitrogens is 2. The highest BCUT2D eigenvalue weighted by Gasteiger charge is 2.04. The zero-order valence-electron chi connectivity index (χ0n) is 9.90. The Kier molecular flexibility index (Phi) is 4.40. The maximum atomic E-state index is 4.28. The molecule has 1 N–H and O–H groups in total. The fourth-order valence-electron chi connectivity index (χ4n) is 1.42. The first kappa shape index (κ1) is 11.8. The average molecular weight is 207 g/mol. The van der Waals surface area contributed by atoms with Crippen molar-refractivity contribution in [3.05, 3.63) is 25.0 Å². The van der Waals surface area contributed by atoms with E-state index in [0.717, 1.165) is 18.5 Å². The van der Waals surface area contributed by atoms with Gasteiger partial charge in [0.05, 0.1) is 11.9 Å². The fraction of sp³-hybridized carbons (Fsp3) is 0.583. The Balaban J connectivity index is 2.45. The van der Waals surface area contributed by atoms with E-state index in [-0.39, 0.29) is 0 Å². The van der Waals surface area contributed by atoms with E-state index < -0.39 is 0 Å². The molecule has 1 unspecified atom stereocenters. The Bertz CT molecular complexity index is 302. The Labute approximate surface area is 92.2 Å². The van der Waals surface area contributed by atoms with Gasteiger partial charge in [0.15, 0.2) is 0 Å². The molecule has 0 bridgehead atoms. The summed E-state index contributed by atoms with van der Waals surface area (Å²) < 4.78 is 1.96. The van der Waals surface area contributed by atoms with Crippen molar-refractivity contribution in [3.8, 4) is 0 Å². The van der Waals surface area contributed by atoms with Gasteiger partial charge in [-0.3, -0.25) is 4.68 Å². The second kappa shape index (κ2) is 5.59. The highest BCUT2D eigenvalue weighted by molar-refractivity contribution is 5.39. The van der Waals surface area contributed by atoms with Crippen LogP contribution in [0.5, 0.6) is 0 Å². The van der Waals surface area contributed by atoms with Crippen LogP contribution in [0.25, 0.3) is 0 Å². The lowest BCUT2D eigenvalue weighted by molar-refractivity contribution is 0.532. The van der Waals surface area contributed by atoms with Crippen molar-refractivity contribution in [2.24, 2.45) is 0 Å². The van der Waals surface area contributed by atoms with Crippen LogP contribution in [0.2, 0.25) is 0 Å². The molecule has 3 heteroatoms. The van der Waals surface area contributed by atoms with E-state index in [4.69, 9.17) is 0 Å². The summed E-state index contributed by atoms with van der Waals surface area (Å²) in [6, 6.07) is 0.886. The van der Waals surface area contributed by atoms with Crippen molar-refractivity contribution in [2.75, 3.05) is 5.32 Å². The molecule has 3 nitrogen and oxygen atoms in total. The van der Waals surface area contributed by atoms with E-state index in [1.807, 2.05) is 17.0 Å². The SMILES string of the molecule is C=CCCC(C)Nc1cnn(C(C)C)c1. The van der Waals surface area contributed by atoms with Gasteiger partial charge in [-0.1, -0.05) is 6.08 Å². The highest BCUT2D eigenvalue weighted by atomic mass is 15.3. The predicted molar refractivity (Wildman–Crippen MR) is 65.1 cm³/mol. The molecule has 0 aliphatic heterocycles. The van der Waals surface area contributed by atoms with Crippen LogP contribution in [-0.4, -0.2) is 15.8 Å². The maximum absolute atomic E-state index is 4.28. The second-order valence-electron chi connectivity index (χ2n) is 4.21. The molecular weight excluding hydrogens is 186 g/mol. The Morgan fingerprint density at radius 2 is 2.27 bits per heavy atom. The van der Waals surface area contributed by atoms with Crippen LogP contribution in [0.4, 0.5) is 5.69 Å². The maximum Gasteiger partial charge on any atom is 0.0728 e. The summed E-state index contributed by atoms with van der Waals surface area (Å²) in [5.41, 5.74) is 1.10. The molecule has 1 atom stereocenters. The number of rotatable bonds is 6. The van der Waals surface area contributed by atoms with Gasteiger partial charge in [0.1, 0.15) is 0 Å². The Morgan fingerprint density at radius 3 is 2.80 bits per heavy atom. The Morgan fingerprint density at radius 1 is 1.53 bits per heavy atom. The molecule has 1 rings (SSSR count). The van der Waals surface area contributed by atoms with E-state index in [9.17, 15) is 0 Å². The van der Waals surface area contributed by atoms with Gasteiger partial charge in [0.25, 0.3) is 0 Å². The first-order valence-corrected chi connectivity index (χ1v) is 5.55. The summed E-state index contributed by atoms with van der Waals surface area (Å²) in [7, 11) is 0. The molecule has 0 fully saturated rings. The molecule has 0 aliphatic rings. The van der Waals surface area contributed by atoms with E-state index in [1.165, 1.54) is 0 Å². The van der Waals surface area contributed by atoms with E-state index in [0.29, 0.717) is 12.1 Å². The number of anilines is 1. The quantitative estimate of drug-likeness (QED) is 0.726. The van der Waals surface area contributed by atoms with Gasteiger partial charge in [-0.15, -0.1) is 6.58 Å². The monoisotopic (exact) mass is 207 g/mol. The van der Waals surface area contributed by atoms with Crippen molar-refractivity contribution in [1.82, 2.24) is 9.78 Å². The van der Waals surface area contributed by atoms with Crippen molar-refractivity contribution >= 4 is 5.69 Å². The van der Waals surface area contributed by atoms with Crippen LogP contribution in [0, 0.1) is 0 Å². The Hall–Kier alpha value is -1.25. The summed E-state index contributed by atoms with van der Waals surface area (Å²) in [6.45, 7) is 10.1. The van der Waals surface area contributed by atoms with Crippen LogP contribution in [-0.2, 0) is 0 Å². The minimum Gasteiger partial charge on any atom is -0.380 e. The molecule has 0 aliphatic carbocycles. The molecule has 0 aromatic carbocycles. The summed E-state index contributed by atoms with van der Waals surface area (Å²) >= 11 is 0. The summed E-state index contributed by atoms with van der Waals surface area (Å²) in [5, 5.41) is 7.70. The average Bonchev–Trinajstić information content (AvgIpc) is 2.63. The number of nitrogens with zero attached hydrogens (tertiary/aromatic N) is 2. The zero-order chi connectivity index (χ0) is 11.3. The van der Waals surface area contributed by atoms with Gasteiger partial charge < -0.3 is 5.32 Å². The molecule has 15 heavy (non-hydrogen) atoms. The van der Waals surface area contributed by atoms with Gasteiger partial charge in [0, 0.05) is 18.3 Å². The lowest BCUT2D eigenvalue weighted by atomic mass is 10.2. The molecule has 1 aromatic heterocycles. The summed E-state index contributed by atoms with van der Waals surface area (Å²) in [4.78, 5) is 0. The molecule has 0 amide bonds.